The molecule has 1 N–H and O–H groups in total. The van der Waals surface area contributed by atoms with Gasteiger partial charge in [-0.15, -0.1) is 6.42 Å². The van der Waals surface area contributed by atoms with E-state index in [2.05, 4.69) is 5.92 Å². The van der Waals surface area contributed by atoms with Crippen molar-refractivity contribution >= 4 is 11.6 Å². The van der Waals surface area contributed by atoms with Gasteiger partial charge in [0.2, 0.25) is 0 Å². The fourth-order valence-electron chi connectivity index (χ4n) is 1.99. The summed E-state index contributed by atoms with van der Waals surface area (Å²) in [6.45, 7) is 0.151. The summed E-state index contributed by atoms with van der Waals surface area (Å²) < 4.78 is 0. The van der Waals surface area contributed by atoms with Crippen molar-refractivity contribution in [2.24, 2.45) is 0 Å². The van der Waals surface area contributed by atoms with Crippen LogP contribution < -0.4 is 0 Å². The van der Waals surface area contributed by atoms with Crippen LogP contribution in [-0.4, -0.2) is 11.7 Å². The predicted molar refractivity (Wildman–Crippen MR) is 79.4 cm³/mol. The number of terminal acetylenes is 1. The Labute approximate surface area is 118 Å². The van der Waals surface area contributed by atoms with Crippen LogP contribution in [0.25, 0.3) is 0 Å². The third kappa shape index (κ3) is 3.61. The van der Waals surface area contributed by atoms with Crippen LogP contribution in [0.5, 0.6) is 0 Å². The van der Waals surface area contributed by atoms with E-state index < -0.39 is 0 Å². The summed E-state index contributed by atoms with van der Waals surface area (Å²) in [4.78, 5) is 0. The summed E-state index contributed by atoms with van der Waals surface area (Å²) in [7, 11) is 0. The quantitative estimate of drug-likeness (QED) is 0.844. The zero-order valence-corrected chi connectivity index (χ0v) is 11.3. The van der Waals surface area contributed by atoms with Crippen LogP contribution in [0, 0.1) is 12.3 Å². The molecule has 0 bridgehead atoms. The second-order valence-corrected chi connectivity index (χ2v) is 4.82. The first-order valence-corrected chi connectivity index (χ1v) is 6.54. The fraction of sp³-hybridized carbons (Fsp3) is 0.176. The van der Waals surface area contributed by atoms with E-state index in [1.54, 1.807) is 0 Å². The second kappa shape index (κ2) is 6.43. The predicted octanol–water partition coefficient (Wildman–Crippen LogP) is 3.45. The second-order valence-electron chi connectivity index (χ2n) is 4.42. The van der Waals surface area contributed by atoms with Crippen molar-refractivity contribution in [2.45, 2.75) is 12.8 Å². The number of hydrogen-bond acceptors (Lipinski definition) is 1. The summed E-state index contributed by atoms with van der Waals surface area (Å²) in [5.74, 6) is 2.60. The van der Waals surface area contributed by atoms with E-state index >= 15 is 0 Å². The van der Waals surface area contributed by atoms with Crippen molar-refractivity contribution in [3.63, 3.8) is 0 Å². The van der Waals surface area contributed by atoms with Gasteiger partial charge in [-0.3, -0.25) is 0 Å². The Morgan fingerprint density at radius 3 is 2.37 bits per heavy atom. The Morgan fingerprint density at radius 1 is 1.05 bits per heavy atom. The Balaban J connectivity index is 2.21. The minimum atomic E-state index is 0.151. The molecular formula is C17H15ClO. The molecule has 0 spiro atoms. The topological polar surface area (TPSA) is 20.2 Å². The Morgan fingerprint density at radius 2 is 1.74 bits per heavy atom. The molecule has 19 heavy (non-hydrogen) atoms. The number of hydrogen-bond donors (Lipinski definition) is 1. The third-order valence-corrected chi connectivity index (χ3v) is 3.39. The van der Waals surface area contributed by atoms with Gasteiger partial charge in [0.25, 0.3) is 0 Å². The summed E-state index contributed by atoms with van der Waals surface area (Å²) in [6, 6.07) is 13.8. The van der Waals surface area contributed by atoms with Gasteiger partial charge in [-0.2, -0.15) is 0 Å². The van der Waals surface area contributed by atoms with E-state index in [1.807, 2.05) is 42.5 Å². The molecule has 0 saturated carbocycles. The van der Waals surface area contributed by atoms with Crippen molar-refractivity contribution in [1.82, 2.24) is 0 Å². The van der Waals surface area contributed by atoms with Gasteiger partial charge in [0, 0.05) is 17.2 Å². The number of halogens is 1. The molecule has 96 valence electrons. The number of aliphatic hydroxyl groups is 1. The molecule has 0 aliphatic rings. The molecule has 2 aromatic rings. The third-order valence-electron chi connectivity index (χ3n) is 3.03. The van der Waals surface area contributed by atoms with Gasteiger partial charge in [0.1, 0.15) is 0 Å². The van der Waals surface area contributed by atoms with E-state index in [4.69, 9.17) is 23.1 Å². The Kier molecular flexibility index (Phi) is 4.63. The summed E-state index contributed by atoms with van der Waals surface area (Å²) >= 11 is 6.21. The molecule has 2 rings (SSSR count). The molecule has 0 aliphatic heterocycles. The normalized spacial score (nSPS) is 10.2. The lowest BCUT2D eigenvalue weighted by atomic mass is 10.0. The first-order chi connectivity index (χ1) is 9.22. The number of benzene rings is 2. The molecule has 0 amide bonds. The van der Waals surface area contributed by atoms with Crippen molar-refractivity contribution in [1.29, 1.82) is 0 Å². The molecule has 0 fully saturated rings. The maximum absolute atomic E-state index is 8.98. The summed E-state index contributed by atoms with van der Waals surface area (Å²) in [6.07, 6.45) is 6.75. The van der Waals surface area contributed by atoms with Gasteiger partial charge >= 0.3 is 0 Å². The Bertz CT molecular complexity index is 594. The van der Waals surface area contributed by atoms with Gasteiger partial charge < -0.3 is 5.11 Å². The minimum absolute atomic E-state index is 0.151. The molecule has 0 saturated heterocycles. The standard InChI is InChI=1S/C17H15ClO/c1-2-13-3-5-14(6-4-13)11-16-12-15(9-10-19)7-8-17(16)18/h1,3-8,12,19H,9-11H2. The highest BCUT2D eigenvalue weighted by molar-refractivity contribution is 6.31. The monoisotopic (exact) mass is 270 g/mol. The van der Waals surface area contributed by atoms with E-state index in [-0.39, 0.29) is 6.61 Å². The van der Waals surface area contributed by atoms with Gasteiger partial charge in [-0.1, -0.05) is 41.8 Å². The van der Waals surface area contributed by atoms with E-state index in [0.717, 1.165) is 28.1 Å². The molecule has 0 radical (unpaired) electrons. The molecule has 0 aromatic heterocycles. The smallest absolute Gasteiger partial charge is 0.0471 e. The zero-order chi connectivity index (χ0) is 13.7. The minimum Gasteiger partial charge on any atom is -0.396 e. The van der Waals surface area contributed by atoms with E-state index in [0.29, 0.717) is 6.42 Å². The number of aliphatic hydroxyl groups excluding tert-OH is 1. The molecule has 0 atom stereocenters. The molecule has 1 nitrogen and oxygen atoms in total. The van der Waals surface area contributed by atoms with Crippen LogP contribution in [0.4, 0.5) is 0 Å². The summed E-state index contributed by atoms with van der Waals surface area (Å²) in [5.41, 5.74) is 4.22. The molecule has 0 unspecified atom stereocenters. The van der Waals surface area contributed by atoms with Gasteiger partial charge in [-0.25, -0.2) is 0 Å². The lowest BCUT2D eigenvalue weighted by Crippen LogP contribution is -1.95. The van der Waals surface area contributed by atoms with Gasteiger partial charge in [0.05, 0.1) is 0 Å². The molecule has 0 aliphatic carbocycles. The van der Waals surface area contributed by atoms with Gasteiger partial charge in [-0.05, 0) is 47.7 Å². The van der Waals surface area contributed by atoms with Crippen molar-refractivity contribution in [3.8, 4) is 12.3 Å². The van der Waals surface area contributed by atoms with Crippen molar-refractivity contribution < 1.29 is 5.11 Å². The zero-order valence-electron chi connectivity index (χ0n) is 10.6. The van der Waals surface area contributed by atoms with Crippen molar-refractivity contribution in [3.05, 3.63) is 69.7 Å². The highest BCUT2D eigenvalue weighted by atomic mass is 35.5. The van der Waals surface area contributed by atoms with Crippen molar-refractivity contribution in [2.75, 3.05) is 6.61 Å². The van der Waals surface area contributed by atoms with Crippen LogP contribution >= 0.6 is 11.6 Å². The molecule has 2 heteroatoms. The highest BCUT2D eigenvalue weighted by Gasteiger charge is 2.04. The molecule has 2 aromatic carbocycles. The highest BCUT2D eigenvalue weighted by Crippen LogP contribution is 2.21. The SMILES string of the molecule is C#Cc1ccc(Cc2cc(CCO)ccc2Cl)cc1. The number of rotatable bonds is 4. The largest absolute Gasteiger partial charge is 0.396 e. The first kappa shape index (κ1) is 13.7. The maximum Gasteiger partial charge on any atom is 0.0471 e. The van der Waals surface area contributed by atoms with Gasteiger partial charge in [0.15, 0.2) is 0 Å². The molecule has 0 heterocycles. The Hall–Kier alpha value is -1.75. The van der Waals surface area contributed by atoms with Crippen LogP contribution in [0.15, 0.2) is 42.5 Å². The maximum atomic E-state index is 8.98. The lowest BCUT2D eigenvalue weighted by Gasteiger charge is -2.07. The summed E-state index contributed by atoms with van der Waals surface area (Å²) in [5, 5.41) is 9.73. The van der Waals surface area contributed by atoms with Crippen LogP contribution in [0.1, 0.15) is 22.3 Å². The average molecular weight is 271 g/mol. The van der Waals surface area contributed by atoms with Crippen LogP contribution in [0.2, 0.25) is 5.02 Å². The fourth-order valence-corrected chi connectivity index (χ4v) is 2.17. The molecular weight excluding hydrogens is 256 g/mol. The van der Waals surface area contributed by atoms with Crippen LogP contribution in [0.3, 0.4) is 0 Å². The first-order valence-electron chi connectivity index (χ1n) is 6.16. The van der Waals surface area contributed by atoms with Crippen LogP contribution in [-0.2, 0) is 12.8 Å². The average Bonchev–Trinajstić information content (AvgIpc) is 2.44. The lowest BCUT2D eigenvalue weighted by molar-refractivity contribution is 0.299. The van der Waals surface area contributed by atoms with E-state index in [9.17, 15) is 0 Å². The van der Waals surface area contributed by atoms with E-state index in [1.165, 1.54) is 5.56 Å².